The number of carbonyl (C=O) groups excluding carboxylic acids is 1. The Labute approximate surface area is 221 Å². The molecule has 3 aromatic rings. The van der Waals surface area contributed by atoms with Crippen LogP contribution in [0.2, 0.25) is 15.1 Å². The number of thioether (sulfide) groups is 1. The highest BCUT2D eigenvalue weighted by molar-refractivity contribution is 8.18. The maximum atomic E-state index is 12.5. The quantitative estimate of drug-likeness (QED) is 0.317. The minimum atomic E-state index is -0.255. The number of aliphatic imine (C=N–C) groups is 1. The van der Waals surface area contributed by atoms with Crippen LogP contribution in [0, 0.1) is 0 Å². The summed E-state index contributed by atoms with van der Waals surface area (Å²) in [4.78, 5) is 17.4. The van der Waals surface area contributed by atoms with Gasteiger partial charge in [0.25, 0.3) is 5.91 Å². The van der Waals surface area contributed by atoms with Crippen LogP contribution in [0.3, 0.4) is 0 Å². The van der Waals surface area contributed by atoms with Crippen LogP contribution in [0.4, 0.5) is 5.69 Å². The Balaban J connectivity index is 1.52. The number of hydrogen-bond acceptors (Lipinski definition) is 6. The highest BCUT2D eigenvalue weighted by Gasteiger charge is 2.24. The second kappa shape index (κ2) is 11.3. The van der Waals surface area contributed by atoms with Gasteiger partial charge in [-0.2, -0.15) is 0 Å². The van der Waals surface area contributed by atoms with Crippen molar-refractivity contribution in [3.8, 4) is 17.2 Å². The van der Waals surface area contributed by atoms with Gasteiger partial charge in [-0.1, -0.05) is 40.9 Å². The minimum Gasteiger partial charge on any atom is -0.497 e. The molecule has 3 aromatic carbocycles. The molecule has 0 aromatic heterocycles. The second-order valence-electron chi connectivity index (χ2n) is 7.24. The van der Waals surface area contributed by atoms with Crippen LogP contribution in [0.1, 0.15) is 11.1 Å². The SMILES string of the molecule is COc1ccc(N=C2NC(=O)/C(=C/c3cc(Cl)c(OCc4ccc(Cl)cc4Cl)c(OC)c3)S2)cc1. The third kappa shape index (κ3) is 6.24. The molecular formula is C25H19Cl3N2O4S. The summed E-state index contributed by atoms with van der Waals surface area (Å²) in [5, 5.41) is 4.60. The third-order valence-corrected chi connectivity index (χ3v) is 6.67. The Morgan fingerprint density at radius 1 is 0.971 bits per heavy atom. The largest absolute Gasteiger partial charge is 0.497 e. The van der Waals surface area contributed by atoms with E-state index in [-0.39, 0.29) is 12.5 Å². The zero-order valence-electron chi connectivity index (χ0n) is 18.6. The average Bonchev–Trinajstić information content (AvgIpc) is 3.17. The summed E-state index contributed by atoms with van der Waals surface area (Å²) in [6, 6.07) is 15.8. The van der Waals surface area contributed by atoms with Crippen molar-refractivity contribution in [2.45, 2.75) is 6.61 Å². The molecule has 0 bridgehead atoms. The van der Waals surface area contributed by atoms with Crippen LogP contribution in [0.25, 0.3) is 6.08 Å². The number of benzene rings is 3. The van der Waals surface area contributed by atoms with E-state index in [0.717, 1.165) is 11.3 Å². The molecule has 0 atom stereocenters. The molecule has 1 heterocycles. The maximum Gasteiger partial charge on any atom is 0.264 e. The lowest BCUT2D eigenvalue weighted by Crippen LogP contribution is -2.19. The van der Waals surface area contributed by atoms with Gasteiger partial charge in [0.15, 0.2) is 16.7 Å². The third-order valence-electron chi connectivity index (χ3n) is 4.89. The summed E-state index contributed by atoms with van der Waals surface area (Å²) >= 11 is 19.9. The van der Waals surface area contributed by atoms with E-state index >= 15 is 0 Å². The van der Waals surface area contributed by atoms with E-state index < -0.39 is 0 Å². The second-order valence-corrected chi connectivity index (χ2v) is 9.52. The first-order valence-corrected chi connectivity index (χ1v) is 12.2. The number of nitrogens with one attached hydrogen (secondary N) is 1. The lowest BCUT2D eigenvalue weighted by atomic mass is 10.1. The number of amides is 1. The summed E-state index contributed by atoms with van der Waals surface area (Å²) in [6.07, 6.45) is 1.71. The zero-order valence-corrected chi connectivity index (χ0v) is 21.7. The van der Waals surface area contributed by atoms with Crippen LogP contribution in [0.15, 0.2) is 64.5 Å². The van der Waals surface area contributed by atoms with Crippen molar-refractivity contribution in [2.75, 3.05) is 14.2 Å². The molecule has 1 N–H and O–H groups in total. The monoisotopic (exact) mass is 548 g/mol. The number of amidine groups is 1. The van der Waals surface area contributed by atoms with Crippen molar-refractivity contribution < 1.29 is 19.0 Å². The molecule has 0 saturated carbocycles. The molecular weight excluding hydrogens is 531 g/mol. The summed E-state index contributed by atoms with van der Waals surface area (Å²) < 4.78 is 16.5. The fraction of sp³-hybridized carbons (Fsp3) is 0.120. The maximum absolute atomic E-state index is 12.5. The topological polar surface area (TPSA) is 69.2 Å². The summed E-state index contributed by atoms with van der Waals surface area (Å²) in [6.45, 7) is 0.177. The van der Waals surface area contributed by atoms with E-state index in [9.17, 15) is 4.79 Å². The first-order chi connectivity index (χ1) is 16.9. The molecule has 10 heteroatoms. The van der Waals surface area contributed by atoms with Crippen LogP contribution >= 0.6 is 46.6 Å². The van der Waals surface area contributed by atoms with Gasteiger partial charge in [0, 0.05) is 15.6 Å². The molecule has 1 saturated heterocycles. The van der Waals surface area contributed by atoms with Crippen LogP contribution in [-0.4, -0.2) is 25.3 Å². The van der Waals surface area contributed by atoms with Crippen LogP contribution in [-0.2, 0) is 11.4 Å². The molecule has 0 aliphatic carbocycles. The van der Waals surface area contributed by atoms with Gasteiger partial charge in [0.05, 0.1) is 29.8 Å². The first-order valence-electron chi connectivity index (χ1n) is 10.2. The van der Waals surface area contributed by atoms with Crippen molar-refractivity contribution in [2.24, 2.45) is 4.99 Å². The molecule has 0 unspecified atom stereocenters. The molecule has 35 heavy (non-hydrogen) atoms. The summed E-state index contributed by atoms with van der Waals surface area (Å²) in [7, 11) is 3.11. The Bertz CT molecular complexity index is 1330. The van der Waals surface area contributed by atoms with Gasteiger partial charge in [-0.15, -0.1) is 0 Å². The predicted octanol–water partition coefficient (Wildman–Crippen LogP) is 7.13. The van der Waals surface area contributed by atoms with Crippen molar-refractivity contribution in [3.63, 3.8) is 0 Å². The average molecular weight is 550 g/mol. The van der Waals surface area contributed by atoms with E-state index in [1.165, 1.54) is 18.9 Å². The predicted molar refractivity (Wildman–Crippen MR) is 143 cm³/mol. The minimum absolute atomic E-state index is 0.177. The number of hydrogen-bond donors (Lipinski definition) is 1. The molecule has 1 fully saturated rings. The highest BCUT2D eigenvalue weighted by Crippen LogP contribution is 2.39. The van der Waals surface area contributed by atoms with Crippen molar-refractivity contribution >= 4 is 69.4 Å². The molecule has 1 amide bonds. The van der Waals surface area contributed by atoms with Crippen molar-refractivity contribution in [3.05, 3.63) is 85.7 Å². The van der Waals surface area contributed by atoms with E-state index in [1.54, 1.807) is 67.8 Å². The van der Waals surface area contributed by atoms with E-state index in [4.69, 9.17) is 49.0 Å². The van der Waals surface area contributed by atoms with Gasteiger partial charge >= 0.3 is 0 Å². The first kappa shape index (κ1) is 25.3. The lowest BCUT2D eigenvalue weighted by Gasteiger charge is -2.14. The van der Waals surface area contributed by atoms with Crippen molar-refractivity contribution in [1.29, 1.82) is 0 Å². The molecule has 180 valence electrons. The van der Waals surface area contributed by atoms with Gasteiger partial charge < -0.3 is 19.5 Å². The fourth-order valence-electron chi connectivity index (χ4n) is 3.16. The van der Waals surface area contributed by atoms with Gasteiger partial charge in [-0.05, 0) is 71.9 Å². The van der Waals surface area contributed by atoms with Crippen LogP contribution < -0.4 is 19.5 Å². The van der Waals surface area contributed by atoms with Crippen LogP contribution in [0.5, 0.6) is 17.2 Å². The number of carbonyl (C=O) groups is 1. The smallest absolute Gasteiger partial charge is 0.264 e. The number of nitrogens with zero attached hydrogens (tertiary/aromatic N) is 1. The number of rotatable bonds is 7. The number of halogens is 3. The molecule has 0 radical (unpaired) electrons. The van der Waals surface area contributed by atoms with Gasteiger partial charge in [0.2, 0.25) is 0 Å². The van der Waals surface area contributed by atoms with Crippen molar-refractivity contribution in [1.82, 2.24) is 5.32 Å². The summed E-state index contributed by atoms with van der Waals surface area (Å²) in [5.74, 6) is 1.26. The Morgan fingerprint density at radius 3 is 2.43 bits per heavy atom. The number of ether oxygens (including phenoxy) is 3. The molecule has 1 aliphatic heterocycles. The Hall–Kier alpha value is -2.84. The van der Waals surface area contributed by atoms with Gasteiger partial charge in [-0.25, -0.2) is 4.99 Å². The fourth-order valence-corrected chi connectivity index (χ4v) is 4.74. The Kier molecular flexibility index (Phi) is 8.13. The Morgan fingerprint density at radius 2 is 1.74 bits per heavy atom. The molecule has 1 aliphatic rings. The zero-order chi connectivity index (χ0) is 24.9. The molecule has 0 spiro atoms. The lowest BCUT2D eigenvalue weighted by molar-refractivity contribution is -0.115. The van der Waals surface area contributed by atoms with E-state index in [1.807, 2.05) is 0 Å². The van der Waals surface area contributed by atoms with Gasteiger partial charge in [-0.3, -0.25) is 4.79 Å². The number of methoxy groups -OCH3 is 2. The molecule has 6 nitrogen and oxygen atoms in total. The normalized spacial score (nSPS) is 15.4. The van der Waals surface area contributed by atoms with E-state index in [0.29, 0.717) is 47.9 Å². The standard InChI is InChI=1S/C25H19Cl3N2O4S/c1-32-18-7-5-17(6-8-18)29-25-30-24(31)22(35-25)11-14-9-20(28)23(21(10-14)33-2)34-13-15-3-4-16(26)12-19(15)27/h3-12H,13H2,1-2H3,(H,29,30,31)/b22-11-. The highest BCUT2D eigenvalue weighted by atomic mass is 35.5. The van der Waals surface area contributed by atoms with Gasteiger partial charge in [0.1, 0.15) is 12.4 Å². The summed E-state index contributed by atoms with van der Waals surface area (Å²) in [5.41, 5.74) is 2.12. The van der Waals surface area contributed by atoms with E-state index in [2.05, 4.69) is 10.3 Å². The molecule has 4 rings (SSSR count).